The molecule has 0 aromatic carbocycles. The van der Waals surface area contributed by atoms with Gasteiger partial charge in [-0.05, 0) is 92.3 Å². The van der Waals surface area contributed by atoms with Gasteiger partial charge < -0.3 is 10.2 Å². The van der Waals surface area contributed by atoms with Crippen molar-refractivity contribution in [1.82, 2.24) is 24.5 Å². The van der Waals surface area contributed by atoms with E-state index in [0.29, 0.717) is 33.9 Å². The van der Waals surface area contributed by atoms with Crippen molar-refractivity contribution in [3.05, 3.63) is 35.8 Å². The molecule has 7 nitrogen and oxygen atoms in total. The zero-order valence-corrected chi connectivity index (χ0v) is 21.0. The van der Waals surface area contributed by atoms with Gasteiger partial charge in [0.2, 0.25) is 0 Å². The van der Waals surface area contributed by atoms with Gasteiger partial charge in [-0.25, -0.2) is 4.98 Å². The van der Waals surface area contributed by atoms with Crippen LogP contribution in [-0.2, 0) is 0 Å². The third kappa shape index (κ3) is 3.30. The lowest BCUT2D eigenvalue weighted by Gasteiger charge is -2.36. The van der Waals surface area contributed by atoms with E-state index in [1.807, 2.05) is 23.1 Å². The molecule has 1 N–H and O–H groups in total. The average Bonchev–Trinajstić information content (AvgIpc) is 3.56. The van der Waals surface area contributed by atoms with Crippen molar-refractivity contribution >= 4 is 17.5 Å². The zero-order valence-electron chi connectivity index (χ0n) is 21.0. The van der Waals surface area contributed by atoms with E-state index in [2.05, 4.69) is 29.0 Å². The number of likely N-dealkylation sites (tertiary alicyclic amines) is 1. The maximum absolute atomic E-state index is 13.3. The van der Waals surface area contributed by atoms with Crippen molar-refractivity contribution in [3.63, 3.8) is 0 Å². The van der Waals surface area contributed by atoms with E-state index in [0.717, 1.165) is 56.9 Å². The van der Waals surface area contributed by atoms with E-state index in [1.165, 1.54) is 32.1 Å². The van der Waals surface area contributed by atoms with E-state index >= 15 is 0 Å². The number of nitrogens with zero attached hydrogens (tertiary/aromatic N) is 4. The molecule has 2 bridgehead atoms. The van der Waals surface area contributed by atoms with Gasteiger partial charge in [0.15, 0.2) is 0 Å². The summed E-state index contributed by atoms with van der Waals surface area (Å²) < 4.78 is 1.80. The van der Waals surface area contributed by atoms with Gasteiger partial charge in [-0.3, -0.25) is 18.9 Å². The Morgan fingerprint density at radius 3 is 2.89 bits per heavy atom. The number of hydrogen-bond donors (Lipinski definition) is 1. The summed E-state index contributed by atoms with van der Waals surface area (Å²) in [6.45, 7) is 8.63. The van der Waals surface area contributed by atoms with Gasteiger partial charge in [0.25, 0.3) is 11.8 Å². The van der Waals surface area contributed by atoms with Crippen LogP contribution in [0.25, 0.3) is 5.65 Å². The van der Waals surface area contributed by atoms with Crippen molar-refractivity contribution in [2.24, 2.45) is 28.6 Å². The Bertz CT molecular complexity index is 1200. The molecule has 7 rings (SSSR count). The molecule has 4 saturated carbocycles. The molecule has 5 fully saturated rings. The quantitative estimate of drug-likeness (QED) is 0.666. The molecule has 2 amide bonds. The van der Waals surface area contributed by atoms with Crippen LogP contribution in [0.1, 0.15) is 73.3 Å². The molecule has 35 heavy (non-hydrogen) atoms. The maximum Gasteiger partial charge on any atom is 0.274 e. The van der Waals surface area contributed by atoms with E-state index in [1.54, 1.807) is 10.6 Å². The van der Waals surface area contributed by atoms with Crippen molar-refractivity contribution < 1.29 is 9.59 Å². The molecular weight excluding hydrogens is 438 g/mol. The number of carbonyl (C=O) groups excluding carboxylic acids is 2. The molecule has 5 aliphatic rings. The Balaban J connectivity index is 1.06. The second-order valence-corrected chi connectivity index (χ2v) is 12.2. The van der Waals surface area contributed by atoms with Crippen LogP contribution in [0.4, 0.5) is 0 Å². The van der Waals surface area contributed by atoms with Gasteiger partial charge in [0.1, 0.15) is 17.0 Å². The van der Waals surface area contributed by atoms with Crippen LogP contribution in [0.3, 0.4) is 0 Å². The number of aromatic nitrogens is 2. The SMILES string of the molecule is CCN(CC)C1CCN(C(=O)c2cn3c(C(=O)NCC45CC6CC6C6(CC6C4)C5)cccc3n2)C1. The van der Waals surface area contributed by atoms with Gasteiger partial charge in [-0.1, -0.05) is 19.9 Å². The second kappa shape index (κ2) is 7.55. The number of rotatable bonds is 7. The number of amides is 2. The number of carbonyl (C=O) groups is 2. The number of imidazole rings is 1. The highest BCUT2D eigenvalue weighted by atomic mass is 16.2. The number of fused-ring (bicyclic) bond motifs is 3. The number of likely N-dealkylation sites (N-methyl/N-ethyl adjacent to an activating group) is 1. The fourth-order valence-corrected chi connectivity index (χ4v) is 8.65. The molecule has 4 aliphatic carbocycles. The van der Waals surface area contributed by atoms with E-state index in [4.69, 9.17) is 0 Å². The van der Waals surface area contributed by atoms with Crippen LogP contribution < -0.4 is 5.32 Å². The standard InChI is InChI=1S/C28H37N5O2/c1-3-31(4-2)20-8-9-32(14-20)26(35)22-15-33-23(6-5-7-24(33)30-22)25(34)29-17-27-11-18-10-21(18)28(16-27)13-19(28)12-27/h5-7,15,18-21H,3-4,8-14,16-17H2,1-2H3,(H,29,34). The summed E-state index contributed by atoms with van der Waals surface area (Å²) in [6, 6.07) is 5.99. The van der Waals surface area contributed by atoms with Gasteiger partial charge in [-0.15, -0.1) is 0 Å². The summed E-state index contributed by atoms with van der Waals surface area (Å²) in [5.74, 6) is 2.76. The van der Waals surface area contributed by atoms with Crippen molar-refractivity contribution in [2.75, 3.05) is 32.7 Å². The fourth-order valence-electron chi connectivity index (χ4n) is 8.65. The molecule has 3 heterocycles. The Labute approximate surface area is 207 Å². The van der Waals surface area contributed by atoms with Gasteiger partial charge in [0, 0.05) is 31.9 Å². The Morgan fingerprint density at radius 2 is 2.06 bits per heavy atom. The minimum atomic E-state index is -0.0586. The first-order chi connectivity index (χ1) is 16.9. The Kier molecular flexibility index (Phi) is 4.71. The monoisotopic (exact) mass is 475 g/mol. The largest absolute Gasteiger partial charge is 0.350 e. The van der Waals surface area contributed by atoms with E-state index < -0.39 is 0 Å². The first kappa shape index (κ1) is 21.8. The van der Waals surface area contributed by atoms with Gasteiger partial charge >= 0.3 is 0 Å². The van der Waals surface area contributed by atoms with E-state index in [-0.39, 0.29) is 11.8 Å². The molecule has 1 spiro atoms. The van der Waals surface area contributed by atoms with Crippen LogP contribution in [-0.4, -0.2) is 69.8 Å². The highest BCUT2D eigenvalue weighted by Gasteiger charge is 2.76. The van der Waals surface area contributed by atoms with Crippen LogP contribution >= 0.6 is 0 Å². The second-order valence-electron chi connectivity index (χ2n) is 12.2. The Hall–Kier alpha value is -2.41. The van der Waals surface area contributed by atoms with Crippen molar-refractivity contribution in [3.8, 4) is 0 Å². The molecule has 1 saturated heterocycles. The number of hydrogen-bond acceptors (Lipinski definition) is 4. The van der Waals surface area contributed by atoms with Gasteiger partial charge in [0.05, 0.1) is 0 Å². The molecule has 6 atom stereocenters. The summed E-state index contributed by atoms with van der Waals surface area (Å²) in [5, 5.41) is 3.29. The molecule has 2 aromatic heterocycles. The predicted octanol–water partition coefficient (Wildman–Crippen LogP) is 3.45. The fraction of sp³-hybridized carbons (Fsp3) is 0.679. The summed E-state index contributed by atoms with van der Waals surface area (Å²) in [4.78, 5) is 35.5. The van der Waals surface area contributed by atoms with Crippen LogP contribution in [0.5, 0.6) is 0 Å². The average molecular weight is 476 g/mol. The smallest absolute Gasteiger partial charge is 0.274 e. The highest BCUT2D eigenvalue weighted by molar-refractivity contribution is 5.95. The molecule has 2 aromatic rings. The zero-order chi connectivity index (χ0) is 23.9. The number of nitrogens with one attached hydrogen (secondary N) is 1. The third-order valence-electron chi connectivity index (χ3n) is 10.4. The topological polar surface area (TPSA) is 70.0 Å². The van der Waals surface area contributed by atoms with Crippen molar-refractivity contribution in [1.29, 1.82) is 0 Å². The molecule has 186 valence electrons. The first-order valence-corrected chi connectivity index (χ1v) is 13.7. The normalized spacial score (nSPS) is 36.4. The van der Waals surface area contributed by atoms with Crippen LogP contribution in [0.15, 0.2) is 24.4 Å². The molecule has 7 heteroatoms. The summed E-state index contributed by atoms with van der Waals surface area (Å²) in [6.07, 6.45) is 9.56. The summed E-state index contributed by atoms with van der Waals surface area (Å²) in [5.41, 5.74) is 2.61. The third-order valence-corrected chi connectivity index (χ3v) is 10.4. The molecule has 1 aliphatic heterocycles. The lowest BCUT2D eigenvalue weighted by molar-refractivity contribution is 0.0772. The minimum Gasteiger partial charge on any atom is -0.350 e. The van der Waals surface area contributed by atoms with Crippen LogP contribution in [0.2, 0.25) is 0 Å². The summed E-state index contributed by atoms with van der Waals surface area (Å²) in [7, 11) is 0. The maximum atomic E-state index is 13.3. The summed E-state index contributed by atoms with van der Waals surface area (Å²) >= 11 is 0. The van der Waals surface area contributed by atoms with E-state index in [9.17, 15) is 9.59 Å². The predicted molar refractivity (Wildman–Crippen MR) is 133 cm³/mol. The molecular formula is C28H37N5O2. The van der Waals surface area contributed by atoms with Crippen molar-refractivity contribution in [2.45, 2.75) is 58.4 Å². The first-order valence-electron chi connectivity index (χ1n) is 13.7. The minimum absolute atomic E-state index is 0.0368. The molecule has 6 unspecified atom stereocenters. The number of pyridine rings is 1. The lowest BCUT2D eigenvalue weighted by Crippen LogP contribution is -2.40. The molecule has 0 radical (unpaired) electrons. The Morgan fingerprint density at radius 1 is 1.20 bits per heavy atom. The lowest BCUT2D eigenvalue weighted by atomic mass is 9.71. The van der Waals surface area contributed by atoms with Crippen LogP contribution in [0, 0.1) is 28.6 Å². The van der Waals surface area contributed by atoms with Gasteiger partial charge in [-0.2, -0.15) is 0 Å². The highest BCUT2D eigenvalue weighted by Crippen LogP contribution is 2.83.